The highest BCUT2D eigenvalue weighted by Crippen LogP contribution is 2.34. The number of amides is 1. The summed E-state index contributed by atoms with van der Waals surface area (Å²) in [6, 6.07) is 8.04. The highest BCUT2D eigenvalue weighted by atomic mass is 32.1. The summed E-state index contributed by atoms with van der Waals surface area (Å²) in [7, 11) is 0. The number of carbonyl (C=O) groups excluding carboxylic acids is 1. The van der Waals surface area contributed by atoms with Crippen LogP contribution in [0.2, 0.25) is 0 Å². The summed E-state index contributed by atoms with van der Waals surface area (Å²) in [5, 5.41) is 18.2. The molecule has 1 heterocycles. The number of nitrogens with zero attached hydrogens (tertiary/aromatic N) is 1. The van der Waals surface area contributed by atoms with Gasteiger partial charge in [-0.25, -0.2) is 4.98 Å². The summed E-state index contributed by atoms with van der Waals surface area (Å²) >= 11 is 1.64. The molecule has 2 unspecified atom stereocenters. The number of hydrogen-bond acceptors (Lipinski definition) is 5. The Morgan fingerprint density at radius 2 is 2.04 bits per heavy atom. The molecule has 1 amide bonds. The lowest BCUT2D eigenvalue weighted by molar-refractivity contribution is -0.114. The van der Waals surface area contributed by atoms with Crippen LogP contribution >= 0.6 is 11.3 Å². The lowest BCUT2D eigenvalue weighted by Gasteiger charge is -2.26. The standard InChI is InChI=1S/C18H23N3O2S/c1-11-17(21-15-4-3-5-16(23)10-15)24-18(19-11)13-6-8-14(9-7-13)20-12(2)22/h6-9,15-16,21,23H,3-5,10H2,1-2H3,(H,20,22). The quantitative estimate of drug-likeness (QED) is 0.788. The Kier molecular flexibility index (Phi) is 5.16. The summed E-state index contributed by atoms with van der Waals surface area (Å²) in [6.07, 6.45) is 3.68. The van der Waals surface area contributed by atoms with E-state index in [9.17, 15) is 9.90 Å². The zero-order valence-corrected chi connectivity index (χ0v) is 14.8. The third-order valence-corrected chi connectivity index (χ3v) is 5.37. The van der Waals surface area contributed by atoms with Crippen molar-refractivity contribution in [1.82, 2.24) is 4.98 Å². The van der Waals surface area contributed by atoms with E-state index in [4.69, 9.17) is 0 Å². The second-order valence-corrected chi connectivity index (χ2v) is 7.35. The van der Waals surface area contributed by atoms with E-state index in [0.29, 0.717) is 6.04 Å². The molecule has 0 bridgehead atoms. The van der Waals surface area contributed by atoms with E-state index in [-0.39, 0.29) is 12.0 Å². The van der Waals surface area contributed by atoms with E-state index in [1.807, 2.05) is 31.2 Å². The summed E-state index contributed by atoms with van der Waals surface area (Å²) in [5.41, 5.74) is 2.81. The van der Waals surface area contributed by atoms with E-state index >= 15 is 0 Å². The molecule has 2 atom stereocenters. The predicted molar refractivity (Wildman–Crippen MR) is 98.5 cm³/mol. The molecule has 2 aromatic rings. The molecule has 1 aromatic carbocycles. The molecular weight excluding hydrogens is 322 g/mol. The molecule has 1 aliphatic rings. The zero-order valence-electron chi connectivity index (χ0n) is 14.0. The van der Waals surface area contributed by atoms with Crippen LogP contribution in [-0.4, -0.2) is 28.1 Å². The van der Waals surface area contributed by atoms with Crippen molar-refractivity contribution in [3.8, 4) is 10.6 Å². The van der Waals surface area contributed by atoms with Crippen LogP contribution in [0.5, 0.6) is 0 Å². The lowest BCUT2D eigenvalue weighted by Crippen LogP contribution is -2.29. The summed E-state index contributed by atoms with van der Waals surface area (Å²) < 4.78 is 0. The maximum absolute atomic E-state index is 11.1. The summed E-state index contributed by atoms with van der Waals surface area (Å²) in [5.74, 6) is -0.0750. The minimum absolute atomic E-state index is 0.0750. The molecule has 0 saturated heterocycles. The van der Waals surface area contributed by atoms with Gasteiger partial charge in [-0.3, -0.25) is 4.79 Å². The van der Waals surface area contributed by atoms with Gasteiger partial charge in [-0.15, -0.1) is 0 Å². The van der Waals surface area contributed by atoms with Crippen molar-refractivity contribution in [2.45, 2.75) is 51.7 Å². The normalized spacial score (nSPS) is 20.6. The van der Waals surface area contributed by atoms with E-state index < -0.39 is 0 Å². The van der Waals surface area contributed by atoms with Crippen molar-refractivity contribution in [2.24, 2.45) is 0 Å². The van der Waals surface area contributed by atoms with E-state index in [1.165, 1.54) is 6.92 Å². The molecule has 6 heteroatoms. The molecule has 0 aliphatic heterocycles. The first-order valence-corrected chi connectivity index (χ1v) is 9.13. The maximum atomic E-state index is 11.1. The number of benzene rings is 1. The highest BCUT2D eigenvalue weighted by Gasteiger charge is 2.21. The number of anilines is 2. The smallest absolute Gasteiger partial charge is 0.221 e. The Morgan fingerprint density at radius 3 is 2.71 bits per heavy atom. The summed E-state index contributed by atoms with van der Waals surface area (Å²) in [4.78, 5) is 15.7. The Bertz CT molecular complexity index is 712. The van der Waals surface area contributed by atoms with Crippen LogP contribution in [0.3, 0.4) is 0 Å². The molecule has 0 spiro atoms. The number of aliphatic hydroxyl groups excluding tert-OH is 1. The Morgan fingerprint density at radius 1 is 1.29 bits per heavy atom. The SMILES string of the molecule is CC(=O)Nc1ccc(-c2nc(C)c(NC3CCCC(O)C3)s2)cc1. The molecule has 24 heavy (non-hydrogen) atoms. The number of thiazole rings is 1. The third kappa shape index (κ3) is 4.13. The van der Waals surface area contributed by atoms with Crippen LogP contribution in [0.15, 0.2) is 24.3 Å². The van der Waals surface area contributed by atoms with Crippen molar-refractivity contribution in [2.75, 3.05) is 10.6 Å². The van der Waals surface area contributed by atoms with Crippen molar-refractivity contribution >= 4 is 27.9 Å². The molecule has 3 rings (SSSR count). The first-order chi connectivity index (χ1) is 11.5. The topological polar surface area (TPSA) is 74.2 Å². The van der Waals surface area contributed by atoms with Gasteiger partial charge < -0.3 is 15.7 Å². The zero-order chi connectivity index (χ0) is 17.1. The Balaban J connectivity index is 1.72. The minimum atomic E-state index is -0.190. The van der Waals surface area contributed by atoms with E-state index in [1.54, 1.807) is 11.3 Å². The van der Waals surface area contributed by atoms with Crippen LogP contribution in [-0.2, 0) is 4.79 Å². The number of aromatic nitrogens is 1. The van der Waals surface area contributed by atoms with Crippen molar-refractivity contribution in [3.05, 3.63) is 30.0 Å². The van der Waals surface area contributed by atoms with Crippen LogP contribution in [0.4, 0.5) is 10.7 Å². The number of nitrogens with one attached hydrogen (secondary N) is 2. The number of aliphatic hydroxyl groups is 1. The van der Waals surface area contributed by atoms with Gasteiger partial charge in [0.1, 0.15) is 10.0 Å². The average molecular weight is 345 g/mol. The largest absolute Gasteiger partial charge is 0.393 e. The summed E-state index contributed by atoms with van der Waals surface area (Å²) in [6.45, 7) is 3.51. The molecule has 3 N–H and O–H groups in total. The highest BCUT2D eigenvalue weighted by molar-refractivity contribution is 7.19. The molecule has 1 aromatic heterocycles. The molecule has 128 valence electrons. The molecule has 0 radical (unpaired) electrons. The number of hydrogen-bond donors (Lipinski definition) is 3. The van der Waals surface area contributed by atoms with Crippen molar-refractivity contribution in [1.29, 1.82) is 0 Å². The first-order valence-electron chi connectivity index (χ1n) is 8.31. The predicted octanol–water partition coefficient (Wildman–Crippen LogP) is 3.79. The third-order valence-electron chi connectivity index (χ3n) is 4.23. The van der Waals surface area contributed by atoms with Crippen LogP contribution < -0.4 is 10.6 Å². The maximum Gasteiger partial charge on any atom is 0.221 e. The monoisotopic (exact) mass is 345 g/mol. The number of carbonyl (C=O) groups is 1. The number of rotatable bonds is 4. The number of aryl methyl sites for hydroxylation is 1. The fraction of sp³-hybridized carbons (Fsp3) is 0.444. The fourth-order valence-electron chi connectivity index (χ4n) is 3.03. The molecular formula is C18H23N3O2S. The molecule has 5 nitrogen and oxygen atoms in total. The Labute approximate surface area is 146 Å². The van der Waals surface area contributed by atoms with Gasteiger partial charge in [0.2, 0.25) is 5.91 Å². The molecule has 1 fully saturated rings. The van der Waals surface area contributed by atoms with Gasteiger partial charge in [0.25, 0.3) is 0 Å². The van der Waals surface area contributed by atoms with Gasteiger partial charge in [-0.1, -0.05) is 11.3 Å². The van der Waals surface area contributed by atoms with E-state index in [0.717, 1.165) is 52.6 Å². The first kappa shape index (κ1) is 16.9. The minimum Gasteiger partial charge on any atom is -0.393 e. The van der Waals surface area contributed by atoms with Gasteiger partial charge in [0.05, 0.1) is 11.8 Å². The van der Waals surface area contributed by atoms with Gasteiger partial charge in [0, 0.05) is 24.2 Å². The average Bonchev–Trinajstić information content (AvgIpc) is 2.88. The van der Waals surface area contributed by atoms with Crippen molar-refractivity contribution < 1.29 is 9.90 Å². The van der Waals surface area contributed by atoms with Crippen LogP contribution in [0.1, 0.15) is 38.3 Å². The Hall–Kier alpha value is -1.92. The fourth-order valence-corrected chi connectivity index (χ4v) is 4.08. The van der Waals surface area contributed by atoms with Gasteiger partial charge >= 0.3 is 0 Å². The van der Waals surface area contributed by atoms with Gasteiger partial charge in [0.15, 0.2) is 0 Å². The molecule has 1 saturated carbocycles. The van der Waals surface area contributed by atoms with Gasteiger partial charge in [-0.2, -0.15) is 0 Å². The second-order valence-electron chi connectivity index (χ2n) is 6.35. The second kappa shape index (κ2) is 7.32. The molecule has 1 aliphatic carbocycles. The van der Waals surface area contributed by atoms with Crippen LogP contribution in [0.25, 0.3) is 10.6 Å². The van der Waals surface area contributed by atoms with Gasteiger partial charge in [-0.05, 0) is 56.9 Å². The van der Waals surface area contributed by atoms with Crippen LogP contribution in [0, 0.1) is 6.92 Å². The van der Waals surface area contributed by atoms with Crippen molar-refractivity contribution in [3.63, 3.8) is 0 Å². The lowest BCUT2D eigenvalue weighted by atomic mass is 9.93. The van der Waals surface area contributed by atoms with E-state index in [2.05, 4.69) is 15.6 Å².